The zero-order valence-electron chi connectivity index (χ0n) is 11.7. The van der Waals surface area contributed by atoms with Crippen LogP contribution in [-0.2, 0) is 4.79 Å². The molecule has 1 aromatic rings. The smallest absolute Gasteiger partial charge is 0.162 e. The van der Waals surface area contributed by atoms with Gasteiger partial charge in [-0.15, -0.1) is 0 Å². The summed E-state index contributed by atoms with van der Waals surface area (Å²) in [5, 5.41) is 0. The Labute approximate surface area is 115 Å². The maximum absolute atomic E-state index is 12.8. The summed E-state index contributed by atoms with van der Waals surface area (Å²) in [6.07, 6.45) is 5.35. The molecule has 3 atom stereocenters. The Hall–Kier alpha value is -1.41. The van der Waals surface area contributed by atoms with E-state index in [1.54, 1.807) is 0 Å². The molecular weight excluding hydrogens is 234 g/mol. The molecule has 2 nitrogen and oxygen atoms in total. The number of likely N-dealkylation sites (N-methyl/N-ethyl adjacent to an activating group) is 1. The zero-order valence-corrected chi connectivity index (χ0v) is 11.7. The number of ketones is 1. The first kappa shape index (κ1) is 12.6. The molecule has 1 unspecified atom stereocenters. The van der Waals surface area contributed by atoms with Crippen molar-refractivity contribution in [2.24, 2.45) is 5.92 Å². The second kappa shape index (κ2) is 4.61. The molecule has 0 spiro atoms. The third-order valence-corrected chi connectivity index (χ3v) is 4.88. The monoisotopic (exact) mass is 255 g/mol. The van der Waals surface area contributed by atoms with Gasteiger partial charge in [0.05, 0.1) is 11.5 Å². The molecule has 0 radical (unpaired) electrons. The highest BCUT2D eigenvalue weighted by Gasteiger charge is 2.64. The number of rotatable bonds is 4. The average Bonchev–Trinajstić information content (AvgIpc) is 2.82. The molecule has 2 aliphatic carbocycles. The van der Waals surface area contributed by atoms with Gasteiger partial charge in [0.2, 0.25) is 0 Å². The fourth-order valence-electron chi connectivity index (χ4n) is 3.98. The van der Waals surface area contributed by atoms with Crippen molar-refractivity contribution in [3.05, 3.63) is 48.0 Å². The minimum Gasteiger partial charge on any atom is -0.297 e. The van der Waals surface area contributed by atoms with E-state index in [2.05, 4.69) is 43.0 Å². The Kier molecular flexibility index (Phi) is 3.06. The van der Waals surface area contributed by atoms with E-state index in [1.165, 1.54) is 5.56 Å². The lowest BCUT2D eigenvalue weighted by Gasteiger charge is -2.55. The van der Waals surface area contributed by atoms with E-state index < -0.39 is 0 Å². The van der Waals surface area contributed by atoms with Gasteiger partial charge in [-0.1, -0.05) is 56.3 Å². The first-order chi connectivity index (χ1) is 9.25. The van der Waals surface area contributed by atoms with Crippen LogP contribution in [0.25, 0.3) is 0 Å². The van der Waals surface area contributed by atoms with Crippen molar-refractivity contribution in [1.82, 2.24) is 4.90 Å². The first-order valence-electron chi connectivity index (χ1n) is 7.26. The fourth-order valence-corrected chi connectivity index (χ4v) is 3.98. The molecule has 2 aliphatic rings. The van der Waals surface area contributed by atoms with Crippen LogP contribution in [-0.4, -0.2) is 29.3 Å². The normalized spacial score (nSPS) is 32.5. The Balaban J connectivity index is 1.94. The van der Waals surface area contributed by atoms with E-state index >= 15 is 0 Å². The van der Waals surface area contributed by atoms with E-state index in [0.717, 1.165) is 19.5 Å². The SMILES string of the molecule is CCN(CC)[C@]12CC=C[C@@H]1C(c1ccccc1)C2=O. The summed E-state index contributed by atoms with van der Waals surface area (Å²) in [6, 6.07) is 10.2. The highest BCUT2D eigenvalue weighted by molar-refractivity contribution is 6.03. The van der Waals surface area contributed by atoms with Gasteiger partial charge in [0, 0.05) is 5.92 Å². The predicted octanol–water partition coefficient (Wildman–Crippen LogP) is 3.01. The van der Waals surface area contributed by atoms with Crippen LogP contribution in [0.5, 0.6) is 0 Å². The minimum absolute atomic E-state index is 0.0700. The number of hydrogen-bond acceptors (Lipinski definition) is 2. The van der Waals surface area contributed by atoms with Crippen molar-refractivity contribution in [1.29, 1.82) is 0 Å². The summed E-state index contributed by atoms with van der Waals surface area (Å²) in [4.78, 5) is 15.2. The largest absolute Gasteiger partial charge is 0.297 e. The molecule has 0 aromatic heterocycles. The Morgan fingerprint density at radius 2 is 1.89 bits per heavy atom. The quantitative estimate of drug-likeness (QED) is 0.771. The Bertz CT molecular complexity index is 503. The van der Waals surface area contributed by atoms with E-state index in [1.807, 2.05) is 18.2 Å². The number of hydrogen-bond donors (Lipinski definition) is 0. The van der Waals surface area contributed by atoms with Crippen LogP contribution in [0.4, 0.5) is 0 Å². The molecule has 2 heteroatoms. The standard InChI is InChI=1S/C17H21NO/c1-3-18(4-2)17-12-8-11-14(17)15(16(17)19)13-9-6-5-7-10-13/h5-11,14-15H,3-4,12H2,1-2H3/t14-,15?,17-/m1/s1. The van der Waals surface area contributed by atoms with Crippen molar-refractivity contribution in [3.8, 4) is 0 Å². The van der Waals surface area contributed by atoms with Crippen LogP contribution in [0.15, 0.2) is 42.5 Å². The number of nitrogens with zero attached hydrogens (tertiary/aromatic N) is 1. The van der Waals surface area contributed by atoms with Crippen LogP contribution in [0.3, 0.4) is 0 Å². The van der Waals surface area contributed by atoms with E-state index in [9.17, 15) is 4.79 Å². The van der Waals surface area contributed by atoms with E-state index in [0.29, 0.717) is 11.7 Å². The maximum Gasteiger partial charge on any atom is 0.162 e. The summed E-state index contributed by atoms with van der Waals surface area (Å²) < 4.78 is 0. The van der Waals surface area contributed by atoms with Gasteiger partial charge in [0.25, 0.3) is 0 Å². The van der Waals surface area contributed by atoms with Gasteiger partial charge in [-0.05, 0) is 25.1 Å². The molecule has 0 saturated heterocycles. The minimum atomic E-state index is -0.232. The van der Waals surface area contributed by atoms with Crippen LogP contribution in [0, 0.1) is 5.92 Å². The number of carbonyl (C=O) groups excluding carboxylic acids is 1. The molecule has 0 heterocycles. The van der Waals surface area contributed by atoms with Gasteiger partial charge in [-0.3, -0.25) is 9.69 Å². The van der Waals surface area contributed by atoms with Gasteiger partial charge in [0.15, 0.2) is 5.78 Å². The third-order valence-electron chi connectivity index (χ3n) is 4.88. The van der Waals surface area contributed by atoms with Crippen LogP contribution >= 0.6 is 0 Å². The molecular formula is C17H21NO. The molecule has 19 heavy (non-hydrogen) atoms. The van der Waals surface area contributed by atoms with Crippen molar-refractivity contribution >= 4 is 5.78 Å². The average molecular weight is 255 g/mol. The van der Waals surface area contributed by atoms with Gasteiger partial charge < -0.3 is 0 Å². The van der Waals surface area contributed by atoms with E-state index in [4.69, 9.17) is 0 Å². The summed E-state index contributed by atoms with van der Waals surface area (Å²) in [6.45, 7) is 6.19. The van der Waals surface area contributed by atoms with Crippen molar-refractivity contribution in [2.45, 2.75) is 31.7 Å². The third kappa shape index (κ3) is 1.56. The second-order valence-electron chi connectivity index (χ2n) is 5.51. The van der Waals surface area contributed by atoms with Crippen molar-refractivity contribution in [3.63, 3.8) is 0 Å². The molecule has 0 bridgehead atoms. The van der Waals surface area contributed by atoms with Crippen LogP contribution in [0.1, 0.15) is 31.7 Å². The number of Topliss-reactive ketones (excluding diaryl/α,β-unsaturated/α-hetero) is 1. The summed E-state index contributed by atoms with van der Waals surface area (Å²) in [5.41, 5.74) is 0.941. The molecule has 1 aromatic carbocycles. The van der Waals surface area contributed by atoms with Gasteiger partial charge in [-0.25, -0.2) is 0 Å². The maximum atomic E-state index is 12.8. The van der Waals surface area contributed by atoms with E-state index in [-0.39, 0.29) is 11.5 Å². The first-order valence-corrected chi connectivity index (χ1v) is 7.26. The van der Waals surface area contributed by atoms with Crippen LogP contribution < -0.4 is 0 Å². The summed E-state index contributed by atoms with van der Waals surface area (Å²) in [7, 11) is 0. The number of fused-ring (bicyclic) bond motifs is 1. The van der Waals surface area contributed by atoms with Crippen molar-refractivity contribution < 1.29 is 4.79 Å². The van der Waals surface area contributed by atoms with Crippen molar-refractivity contribution in [2.75, 3.05) is 13.1 Å². The molecule has 0 amide bonds. The molecule has 1 fully saturated rings. The number of benzene rings is 1. The Morgan fingerprint density at radius 1 is 1.21 bits per heavy atom. The highest BCUT2D eigenvalue weighted by Crippen LogP contribution is 2.55. The molecule has 0 N–H and O–H groups in total. The lowest BCUT2D eigenvalue weighted by molar-refractivity contribution is -0.150. The van der Waals surface area contributed by atoms with Gasteiger partial charge >= 0.3 is 0 Å². The molecule has 1 saturated carbocycles. The molecule has 100 valence electrons. The Morgan fingerprint density at radius 3 is 2.53 bits per heavy atom. The lowest BCUT2D eigenvalue weighted by atomic mass is 9.56. The lowest BCUT2D eigenvalue weighted by Crippen LogP contribution is -2.68. The highest BCUT2D eigenvalue weighted by atomic mass is 16.1. The predicted molar refractivity (Wildman–Crippen MR) is 77.1 cm³/mol. The number of carbonyl (C=O) groups is 1. The topological polar surface area (TPSA) is 20.3 Å². The van der Waals surface area contributed by atoms with Gasteiger partial charge in [-0.2, -0.15) is 0 Å². The zero-order chi connectivity index (χ0) is 13.5. The van der Waals surface area contributed by atoms with Gasteiger partial charge in [0.1, 0.15) is 0 Å². The summed E-state index contributed by atoms with van der Waals surface area (Å²) in [5.74, 6) is 0.847. The fraction of sp³-hybridized carbons (Fsp3) is 0.471. The van der Waals surface area contributed by atoms with Crippen LogP contribution in [0.2, 0.25) is 0 Å². The second-order valence-corrected chi connectivity index (χ2v) is 5.51. The molecule has 0 aliphatic heterocycles. The molecule has 3 rings (SSSR count). The summed E-state index contributed by atoms with van der Waals surface area (Å²) >= 11 is 0.